The first kappa shape index (κ1) is 21.6. The van der Waals surface area contributed by atoms with Crippen LogP contribution in [0.1, 0.15) is 44.0 Å². The number of aryl methyl sites for hydroxylation is 1. The molecule has 0 bridgehead atoms. The van der Waals surface area contributed by atoms with Crippen molar-refractivity contribution in [1.29, 1.82) is 0 Å². The van der Waals surface area contributed by atoms with E-state index in [0.717, 1.165) is 0 Å². The number of halogens is 1. The summed E-state index contributed by atoms with van der Waals surface area (Å²) in [6.07, 6.45) is -0.622. The fourth-order valence-electron chi connectivity index (χ4n) is 2.75. The molecule has 0 unspecified atom stereocenters. The molecule has 2 aromatic heterocycles. The van der Waals surface area contributed by atoms with E-state index in [1.54, 1.807) is 52.1 Å². The first-order valence-corrected chi connectivity index (χ1v) is 10.2. The molecule has 0 spiro atoms. The molecule has 30 heavy (non-hydrogen) atoms. The van der Waals surface area contributed by atoms with Crippen molar-refractivity contribution in [2.75, 3.05) is 6.61 Å². The van der Waals surface area contributed by atoms with Crippen LogP contribution in [0.3, 0.4) is 0 Å². The van der Waals surface area contributed by atoms with Crippen molar-refractivity contribution >= 4 is 23.4 Å². The van der Waals surface area contributed by atoms with Crippen LogP contribution in [-0.2, 0) is 9.47 Å². The zero-order chi connectivity index (χ0) is 22.1. The topological polar surface area (TPSA) is 83.3 Å². The molecule has 0 N–H and O–H groups in total. The molecule has 0 saturated carbocycles. The Morgan fingerprint density at radius 1 is 1.17 bits per heavy atom. The highest BCUT2D eigenvalue weighted by molar-refractivity contribution is 7.13. The summed E-state index contributed by atoms with van der Waals surface area (Å²) in [5, 5.41) is 1.95. The third kappa shape index (κ3) is 4.56. The number of ether oxygens (including phenoxy) is 2. The van der Waals surface area contributed by atoms with Crippen LogP contribution in [0.5, 0.6) is 0 Å². The monoisotopic (exact) mass is 431 g/mol. The maximum Gasteiger partial charge on any atom is 0.420 e. The molecule has 0 fully saturated rings. The predicted molar refractivity (Wildman–Crippen MR) is 111 cm³/mol. The van der Waals surface area contributed by atoms with Crippen LogP contribution >= 0.6 is 11.3 Å². The first-order valence-electron chi connectivity index (χ1n) is 9.32. The van der Waals surface area contributed by atoms with Crippen LogP contribution in [0.2, 0.25) is 0 Å². The lowest BCUT2D eigenvalue weighted by Crippen LogP contribution is -2.28. The van der Waals surface area contributed by atoms with Gasteiger partial charge in [-0.3, -0.25) is 0 Å². The van der Waals surface area contributed by atoms with E-state index in [-0.39, 0.29) is 18.1 Å². The van der Waals surface area contributed by atoms with Gasteiger partial charge in [0, 0.05) is 10.9 Å². The number of imidazole rings is 1. The molecule has 9 heteroatoms. The second kappa shape index (κ2) is 8.35. The van der Waals surface area contributed by atoms with E-state index in [4.69, 9.17) is 9.47 Å². The Morgan fingerprint density at radius 3 is 2.43 bits per heavy atom. The minimum absolute atomic E-state index is 0.136. The minimum Gasteiger partial charge on any atom is -0.461 e. The van der Waals surface area contributed by atoms with Crippen molar-refractivity contribution in [2.24, 2.45) is 0 Å². The van der Waals surface area contributed by atoms with Crippen LogP contribution in [0.4, 0.5) is 9.18 Å². The second-order valence-electron chi connectivity index (χ2n) is 7.44. The number of carbonyl (C=O) groups is 2. The summed E-state index contributed by atoms with van der Waals surface area (Å²) in [6, 6.07) is 5.76. The third-order valence-corrected chi connectivity index (χ3v) is 4.78. The molecule has 0 saturated heterocycles. The van der Waals surface area contributed by atoms with Gasteiger partial charge in [-0.15, -0.1) is 11.3 Å². The number of nitrogens with zero attached hydrogens (tertiary/aromatic N) is 3. The third-order valence-electron chi connectivity index (χ3n) is 3.93. The molecule has 7 nitrogen and oxygen atoms in total. The summed E-state index contributed by atoms with van der Waals surface area (Å²) in [5.74, 6) is -0.558. The number of thiazole rings is 1. The number of benzene rings is 1. The van der Waals surface area contributed by atoms with Gasteiger partial charge in [-0.2, -0.15) is 0 Å². The fourth-order valence-corrected chi connectivity index (χ4v) is 3.57. The maximum atomic E-state index is 13.4. The zero-order valence-electron chi connectivity index (χ0n) is 17.4. The predicted octanol–water partition coefficient (Wildman–Crippen LogP) is 5.08. The van der Waals surface area contributed by atoms with Gasteiger partial charge in [0.25, 0.3) is 0 Å². The van der Waals surface area contributed by atoms with E-state index in [2.05, 4.69) is 9.97 Å². The molecule has 3 rings (SSSR count). The average Bonchev–Trinajstić information content (AvgIpc) is 3.25. The smallest absolute Gasteiger partial charge is 0.420 e. The number of esters is 1. The molecule has 0 amide bonds. The second-order valence-corrected chi connectivity index (χ2v) is 8.30. The van der Waals surface area contributed by atoms with Gasteiger partial charge in [0.05, 0.1) is 12.3 Å². The number of hydrogen-bond acceptors (Lipinski definition) is 7. The van der Waals surface area contributed by atoms with Gasteiger partial charge in [0.2, 0.25) is 0 Å². The summed E-state index contributed by atoms with van der Waals surface area (Å²) in [4.78, 5) is 33.9. The van der Waals surface area contributed by atoms with Gasteiger partial charge < -0.3 is 9.47 Å². The molecule has 0 aliphatic heterocycles. The number of carbonyl (C=O) groups excluding carboxylic acids is 2. The lowest BCUT2D eigenvalue weighted by molar-refractivity contribution is 0.0516. The van der Waals surface area contributed by atoms with Crippen LogP contribution < -0.4 is 0 Å². The molecule has 0 atom stereocenters. The van der Waals surface area contributed by atoms with Gasteiger partial charge in [-0.05, 0) is 58.9 Å². The van der Waals surface area contributed by atoms with Crippen molar-refractivity contribution in [2.45, 2.75) is 40.2 Å². The standard InChI is InChI=1S/C21H22FN3O4S/c1-6-28-19(26)15-11-30-18(24-15)17-16(13-7-9-14(22)10-8-13)23-12(2)25(17)20(27)29-21(3,4)5/h7-11H,6H2,1-5H3. The number of aromatic nitrogens is 3. The molecule has 0 radical (unpaired) electrons. The Hall–Kier alpha value is -3.07. The van der Waals surface area contributed by atoms with Crippen molar-refractivity contribution in [3.05, 3.63) is 47.0 Å². The Bertz CT molecular complexity index is 1080. The van der Waals surface area contributed by atoms with E-state index in [9.17, 15) is 14.0 Å². The van der Waals surface area contributed by atoms with Gasteiger partial charge in [-0.1, -0.05) is 0 Å². The Balaban J connectivity index is 2.18. The zero-order valence-corrected chi connectivity index (χ0v) is 18.2. The Morgan fingerprint density at radius 2 is 1.83 bits per heavy atom. The summed E-state index contributed by atoms with van der Waals surface area (Å²) in [5.41, 5.74) is 0.818. The normalized spacial score (nSPS) is 11.4. The van der Waals surface area contributed by atoms with E-state index in [1.165, 1.54) is 28.0 Å². The first-order chi connectivity index (χ1) is 14.1. The van der Waals surface area contributed by atoms with E-state index >= 15 is 0 Å². The van der Waals surface area contributed by atoms with Gasteiger partial charge in [0.1, 0.15) is 27.9 Å². The highest BCUT2D eigenvalue weighted by atomic mass is 32.1. The van der Waals surface area contributed by atoms with Crippen LogP contribution in [0.25, 0.3) is 22.0 Å². The summed E-state index contributed by atoms with van der Waals surface area (Å²) in [6.45, 7) is 8.89. The molecule has 1 aromatic carbocycles. The highest BCUT2D eigenvalue weighted by Crippen LogP contribution is 2.35. The van der Waals surface area contributed by atoms with Crippen molar-refractivity contribution in [1.82, 2.24) is 14.5 Å². The quantitative estimate of drug-likeness (QED) is 0.536. The van der Waals surface area contributed by atoms with Gasteiger partial charge in [-0.25, -0.2) is 28.5 Å². The molecule has 158 valence electrons. The van der Waals surface area contributed by atoms with Crippen molar-refractivity contribution < 1.29 is 23.5 Å². The van der Waals surface area contributed by atoms with Crippen molar-refractivity contribution in [3.63, 3.8) is 0 Å². The molecule has 2 heterocycles. The van der Waals surface area contributed by atoms with Crippen molar-refractivity contribution in [3.8, 4) is 22.0 Å². The lowest BCUT2D eigenvalue weighted by atomic mass is 10.1. The molecular weight excluding hydrogens is 409 g/mol. The van der Waals surface area contributed by atoms with E-state index in [0.29, 0.717) is 27.8 Å². The lowest BCUT2D eigenvalue weighted by Gasteiger charge is -2.20. The molecule has 0 aliphatic carbocycles. The number of rotatable bonds is 4. The van der Waals surface area contributed by atoms with Crippen LogP contribution in [0, 0.1) is 12.7 Å². The van der Waals surface area contributed by atoms with Gasteiger partial charge >= 0.3 is 12.1 Å². The number of hydrogen-bond donors (Lipinski definition) is 0. The summed E-state index contributed by atoms with van der Waals surface area (Å²) < 4.78 is 25.3. The Labute approximate surface area is 177 Å². The highest BCUT2D eigenvalue weighted by Gasteiger charge is 2.28. The minimum atomic E-state index is -0.722. The van der Waals surface area contributed by atoms with E-state index in [1.807, 2.05) is 0 Å². The van der Waals surface area contributed by atoms with Gasteiger partial charge in [0.15, 0.2) is 5.69 Å². The molecule has 0 aliphatic rings. The molecular formula is C21H22FN3O4S. The maximum absolute atomic E-state index is 13.4. The molecule has 3 aromatic rings. The largest absolute Gasteiger partial charge is 0.461 e. The SMILES string of the molecule is CCOC(=O)c1csc(-c2c(-c3ccc(F)cc3)nc(C)n2C(=O)OC(C)(C)C)n1. The Kier molecular flexibility index (Phi) is 6.02. The van der Waals surface area contributed by atoms with Crippen LogP contribution in [-0.4, -0.2) is 38.8 Å². The van der Waals surface area contributed by atoms with Crippen LogP contribution in [0.15, 0.2) is 29.6 Å². The average molecular weight is 431 g/mol. The summed E-state index contributed by atoms with van der Waals surface area (Å²) >= 11 is 1.18. The van der Waals surface area contributed by atoms with E-state index < -0.39 is 17.7 Å². The summed E-state index contributed by atoms with van der Waals surface area (Å²) in [7, 11) is 0. The fraction of sp³-hybridized carbons (Fsp3) is 0.333.